The summed E-state index contributed by atoms with van der Waals surface area (Å²) >= 11 is 0. The second-order valence-electron chi connectivity index (χ2n) is 7.58. The molecule has 1 fully saturated rings. The number of halogens is 2. The molecular formula is C21H24F2N4O4S. The minimum Gasteiger partial charge on any atom is -0.383 e. The number of nitrogens with zero attached hydrogens (tertiary/aromatic N) is 2. The first-order valence-corrected chi connectivity index (χ1v) is 11.9. The lowest BCUT2D eigenvalue weighted by Gasteiger charge is -2.28. The van der Waals surface area contributed by atoms with Crippen LogP contribution in [0.5, 0.6) is 0 Å². The van der Waals surface area contributed by atoms with Crippen LogP contribution >= 0.6 is 0 Å². The molecule has 4 rings (SSSR count). The number of fused-ring (bicyclic) bond motifs is 1. The van der Waals surface area contributed by atoms with Crippen molar-refractivity contribution in [2.24, 2.45) is 0 Å². The number of ether oxygens (including phenoxy) is 1. The Labute approximate surface area is 184 Å². The molecular weight excluding hydrogens is 442 g/mol. The van der Waals surface area contributed by atoms with Gasteiger partial charge in [-0.25, -0.2) is 22.2 Å². The van der Waals surface area contributed by atoms with Gasteiger partial charge in [-0.1, -0.05) is 6.92 Å². The van der Waals surface area contributed by atoms with E-state index in [0.29, 0.717) is 43.8 Å². The Balaban J connectivity index is 1.72. The van der Waals surface area contributed by atoms with Gasteiger partial charge in [-0.05, 0) is 24.6 Å². The third-order valence-electron chi connectivity index (χ3n) is 5.36. The van der Waals surface area contributed by atoms with Gasteiger partial charge in [-0.15, -0.1) is 0 Å². The molecule has 1 atom stereocenters. The molecule has 1 aliphatic rings. The monoisotopic (exact) mass is 466 g/mol. The van der Waals surface area contributed by atoms with Crippen LogP contribution in [-0.2, 0) is 14.8 Å². The van der Waals surface area contributed by atoms with E-state index in [1.165, 1.54) is 6.20 Å². The average molecular weight is 467 g/mol. The van der Waals surface area contributed by atoms with Gasteiger partial charge >= 0.3 is 0 Å². The summed E-state index contributed by atoms with van der Waals surface area (Å²) in [7, 11) is -3.80. The predicted molar refractivity (Wildman–Crippen MR) is 117 cm³/mol. The number of aromatic nitrogens is 2. The highest BCUT2D eigenvalue weighted by atomic mass is 32.2. The van der Waals surface area contributed by atoms with E-state index in [4.69, 9.17) is 4.74 Å². The van der Waals surface area contributed by atoms with E-state index < -0.39 is 39.0 Å². The average Bonchev–Trinajstić information content (AvgIpc) is 3.19. The normalized spacial score (nSPS) is 15.8. The molecule has 0 spiro atoms. The van der Waals surface area contributed by atoms with Crippen LogP contribution in [0.2, 0.25) is 0 Å². The van der Waals surface area contributed by atoms with E-state index in [0.717, 1.165) is 17.8 Å². The third-order valence-corrected chi connectivity index (χ3v) is 6.83. The Kier molecular flexibility index (Phi) is 6.31. The molecule has 172 valence electrons. The van der Waals surface area contributed by atoms with E-state index in [2.05, 4.69) is 19.6 Å². The van der Waals surface area contributed by atoms with Crippen molar-refractivity contribution in [3.63, 3.8) is 0 Å². The Hall–Kier alpha value is -2.76. The Morgan fingerprint density at radius 3 is 2.78 bits per heavy atom. The number of anilines is 2. The van der Waals surface area contributed by atoms with Crippen LogP contribution in [0, 0.1) is 11.6 Å². The highest BCUT2D eigenvalue weighted by Gasteiger charge is 2.26. The molecule has 2 aromatic heterocycles. The number of pyridine rings is 1. The second kappa shape index (κ2) is 9.00. The van der Waals surface area contributed by atoms with Crippen molar-refractivity contribution >= 4 is 32.4 Å². The molecule has 11 heteroatoms. The Morgan fingerprint density at radius 1 is 1.31 bits per heavy atom. The molecule has 3 aromatic rings. The van der Waals surface area contributed by atoms with Crippen LogP contribution in [0.4, 0.5) is 20.2 Å². The summed E-state index contributed by atoms with van der Waals surface area (Å²) in [5.74, 6) is -2.36. The number of hydrogen-bond donors (Lipinski definition) is 3. The standard InChI is InChI=1S/C21H24F2N4O4S/c1-2-9-32(29,30)26-17-4-3-16(22)18(19(17)23)20(28)15-12-25-21-14(15)10-13(11-24-21)27-5-7-31-8-6-27/h3-4,10-12,20,26,28H,2,5-9H2,1H3,(H,24,25). The van der Waals surface area contributed by atoms with Gasteiger partial charge in [0, 0.05) is 30.2 Å². The highest BCUT2D eigenvalue weighted by molar-refractivity contribution is 7.92. The first kappa shape index (κ1) is 22.4. The lowest BCUT2D eigenvalue weighted by molar-refractivity contribution is 0.122. The minimum absolute atomic E-state index is 0.208. The molecule has 3 N–H and O–H groups in total. The van der Waals surface area contributed by atoms with E-state index in [9.17, 15) is 17.9 Å². The maximum Gasteiger partial charge on any atom is 0.232 e. The zero-order valence-corrected chi connectivity index (χ0v) is 18.3. The topological polar surface area (TPSA) is 108 Å². The number of morpholine rings is 1. The molecule has 1 saturated heterocycles. The molecule has 0 aliphatic carbocycles. The quantitative estimate of drug-likeness (QED) is 0.494. The number of aliphatic hydroxyl groups is 1. The Bertz CT molecular complexity index is 1230. The molecule has 3 heterocycles. The summed E-state index contributed by atoms with van der Waals surface area (Å²) in [6, 6.07) is 3.73. The van der Waals surface area contributed by atoms with Crippen molar-refractivity contribution in [1.82, 2.24) is 9.97 Å². The van der Waals surface area contributed by atoms with Crippen molar-refractivity contribution in [2.75, 3.05) is 41.7 Å². The largest absolute Gasteiger partial charge is 0.383 e. The number of nitrogens with one attached hydrogen (secondary N) is 2. The fraction of sp³-hybridized carbons (Fsp3) is 0.381. The van der Waals surface area contributed by atoms with Gasteiger partial charge in [0.1, 0.15) is 17.6 Å². The molecule has 0 bridgehead atoms. The summed E-state index contributed by atoms with van der Waals surface area (Å²) in [5, 5.41) is 11.4. The van der Waals surface area contributed by atoms with Crippen molar-refractivity contribution in [2.45, 2.75) is 19.4 Å². The highest BCUT2D eigenvalue weighted by Crippen LogP contribution is 2.35. The molecule has 1 aliphatic heterocycles. The summed E-state index contributed by atoms with van der Waals surface area (Å²) in [6.07, 6.45) is 1.78. The van der Waals surface area contributed by atoms with Gasteiger partial charge in [-0.3, -0.25) is 4.72 Å². The maximum atomic E-state index is 15.1. The zero-order chi connectivity index (χ0) is 22.9. The lowest BCUT2D eigenvalue weighted by Crippen LogP contribution is -2.36. The Morgan fingerprint density at radius 2 is 2.06 bits per heavy atom. The molecule has 0 amide bonds. The van der Waals surface area contributed by atoms with Crippen molar-refractivity contribution in [3.05, 3.63) is 53.4 Å². The number of hydrogen-bond acceptors (Lipinski definition) is 6. The third kappa shape index (κ3) is 4.41. The maximum absolute atomic E-state index is 15.1. The van der Waals surface area contributed by atoms with Gasteiger partial charge in [0.2, 0.25) is 10.0 Å². The fourth-order valence-electron chi connectivity index (χ4n) is 3.78. The van der Waals surface area contributed by atoms with E-state index in [1.54, 1.807) is 19.2 Å². The predicted octanol–water partition coefficient (Wildman–Crippen LogP) is 2.91. The smallest absolute Gasteiger partial charge is 0.232 e. The van der Waals surface area contributed by atoms with Crippen LogP contribution in [0.15, 0.2) is 30.6 Å². The molecule has 0 radical (unpaired) electrons. The van der Waals surface area contributed by atoms with Gasteiger partial charge < -0.3 is 19.7 Å². The number of H-pyrrole nitrogens is 1. The van der Waals surface area contributed by atoms with Crippen LogP contribution in [0.3, 0.4) is 0 Å². The number of aromatic amines is 1. The first-order chi connectivity index (χ1) is 15.3. The van der Waals surface area contributed by atoms with Gasteiger partial charge in [0.15, 0.2) is 5.82 Å². The van der Waals surface area contributed by atoms with Gasteiger partial charge in [-0.2, -0.15) is 0 Å². The van der Waals surface area contributed by atoms with E-state index >= 15 is 4.39 Å². The van der Waals surface area contributed by atoms with Crippen molar-refractivity contribution < 1.29 is 27.0 Å². The molecule has 32 heavy (non-hydrogen) atoms. The van der Waals surface area contributed by atoms with Crippen LogP contribution in [0.25, 0.3) is 11.0 Å². The second-order valence-corrected chi connectivity index (χ2v) is 9.42. The van der Waals surface area contributed by atoms with Crippen LogP contribution in [0.1, 0.15) is 30.6 Å². The molecule has 1 aromatic carbocycles. The minimum atomic E-state index is -3.80. The summed E-state index contributed by atoms with van der Waals surface area (Å²) in [4.78, 5) is 9.34. The van der Waals surface area contributed by atoms with Crippen molar-refractivity contribution in [1.29, 1.82) is 0 Å². The van der Waals surface area contributed by atoms with E-state index in [1.807, 2.05) is 0 Å². The summed E-state index contributed by atoms with van der Waals surface area (Å²) < 4.78 is 61.3. The van der Waals surface area contributed by atoms with Gasteiger partial charge in [0.05, 0.1) is 42.1 Å². The summed E-state index contributed by atoms with van der Waals surface area (Å²) in [6.45, 7) is 4.19. The number of sulfonamides is 1. The lowest BCUT2D eigenvalue weighted by atomic mass is 9.99. The van der Waals surface area contributed by atoms with Crippen molar-refractivity contribution in [3.8, 4) is 0 Å². The molecule has 1 unspecified atom stereocenters. The SMILES string of the molecule is CCCS(=O)(=O)Nc1ccc(F)c(C(O)c2c[nH]c3ncc(N4CCOCC4)cc23)c1F. The molecule has 8 nitrogen and oxygen atoms in total. The molecule has 0 saturated carbocycles. The summed E-state index contributed by atoms with van der Waals surface area (Å²) in [5.41, 5.74) is 0.432. The fourth-order valence-corrected chi connectivity index (χ4v) is 4.91. The number of aliphatic hydroxyl groups excluding tert-OH is 1. The van der Waals surface area contributed by atoms with E-state index in [-0.39, 0.29) is 11.3 Å². The first-order valence-electron chi connectivity index (χ1n) is 10.3. The number of benzene rings is 1. The number of rotatable bonds is 7. The zero-order valence-electron chi connectivity index (χ0n) is 17.4. The van der Waals surface area contributed by atoms with Gasteiger partial charge in [0.25, 0.3) is 0 Å². The van der Waals surface area contributed by atoms with Crippen LogP contribution in [-0.4, -0.2) is 55.5 Å². The van der Waals surface area contributed by atoms with Crippen LogP contribution < -0.4 is 9.62 Å².